The number of carbonyl (C=O) groups excluding carboxylic acids is 1. The van der Waals surface area contributed by atoms with Crippen LogP contribution >= 0.6 is 0 Å². The van der Waals surface area contributed by atoms with Gasteiger partial charge in [-0.15, -0.1) is 0 Å². The van der Waals surface area contributed by atoms with Crippen molar-refractivity contribution < 1.29 is 14.3 Å². The first-order valence-corrected chi connectivity index (χ1v) is 9.86. The van der Waals surface area contributed by atoms with Crippen molar-refractivity contribution in [3.63, 3.8) is 0 Å². The Bertz CT molecular complexity index is 940. The second-order valence-corrected chi connectivity index (χ2v) is 7.76. The Balaban J connectivity index is 1.56. The Hall–Kier alpha value is -2.79. The Morgan fingerprint density at radius 3 is 2.79 bits per heavy atom. The van der Waals surface area contributed by atoms with Crippen molar-refractivity contribution in [3.05, 3.63) is 77.2 Å². The number of para-hydroxylation sites is 1. The van der Waals surface area contributed by atoms with E-state index in [1.807, 2.05) is 6.07 Å². The number of fused-ring (bicyclic) bond motifs is 1. The summed E-state index contributed by atoms with van der Waals surface area (Å²) in [5.41, 5.74) is 4.67. The number of hydrogen-bond donors (Lipinski definition) is 1. The molecular weight excluding hydrogens is 352 g/mol. The molecule has 2 aliphatic heterocycles. The number of benzene rings is 2. The van der Waals surface area contributed by atoms with Crippen LogP contribution < -0.4 is 5.32 Å². The summed E-state index contributed by atoms with van der Waals surface area (Å²) in [5.74, 6) is 0.723. The lowest BCUT2D eigenvalue weighted by molar-refractivity contribution is 0.0867. The molecule has 5 nitrogen and oxygen atoms in total. The molecule has 5 heteroatoms. The highest BCUT2D eigenvalue weighted by molar-refractivity contribution is 5.72. The van der Waals surface area contributed by atoms with E-state index in [-0.39, 0.29) is 5.41 Å². The first-order valence-electron chi connectivity index (χ1n) is 9.86. The number of anilines is 1. The summed E-state index contributed by atoms with van der Waals surface area (Å²) < 4.78 is 10.3. The lowest BCUT2D eigenvalue weighted by Crippen LogP contribution is -2.45. The van der Waals surface area contributed by atoms with E-state index in [1.54, 1.807) is 0 Å². The number of rotatable bonds is 3. The minimum absolute atomic E-state index is 0.146. The Morgan fingerprint density at radius 1 is 1.18 bits per heavy atom. The van der Waals surface area contributed by atoms with Crippen molar-refractivity contribution in [2.24, 2.45) is 0 Å². The number of carbonyl (C=O) groups is 1. The topological polar surface area (TPSA) is 50.8 Å². The van der Waals surface area contributed by atoms with Gasteiger partial charge in [0.25, 0.3) is 0 Å². The summed E-state index contributed by atoms with van der Waals surface area (Å²) in [6.45, 7) is 1.96. The van der Waals surface area contributed by atoms with Gasteiger partial charge in [-0.05, 0) is 30.0 Å². The molecule has 1 spiro atoms. The smallest absolute Gasteiger partial charge is 0.437 e. The molecule has 0 saturated carbocycles. The van der Waals surface area contributed by atoms with Gasteiger partial charge in [0, 0.05) is 31.2 Å². The molecule has 2 aromatic rings. The average molecular weight is 376 g/mol. The quantitative estimate of drug-likeness (QED) is 0.804. The second kappa shape index (κ2) is 6.67. The van der Waals surface area contributed by atoms with Crippen molar-refractivity contribution >= 4 is 11.8 Å². The summed E-state index contributed by atoms with van der Waals surface area (Å²) in [7, 11) is 1.35. The van der Waals surface area contributed by atoms with Crippen LogP contribution in [0.2, 0.25) is 0 Å². The van der Waals surface area contributed by atoms with Crippen LogP contribution in [0.4, 0.5) is 10.5 Å². The molecule has 1 aliphatic carbocycles. The zero-order chi connectivity index (χ0) is 19.1. The van der Waals surface area contributed by atoms with E-state index in [9.17, 15) is 4.79 Å². The predicted molar refractivity (Wildman–Crippen MR) is 107 cm³/mol. The minimum atomic E-state index is -0.645. The number of likely N-dealkylation sites (tertiary alicyclic amines) is 1. The van der Waals surface area contributed by atoms with Gasteiger partial charge in [-0.1, -0.05) is 48.5 Å². The Labute approximate surface area is 164 Å². The third kappa shape index (κ3) is 2.53. The molecule has 0 radical (unpaired) electrons. The molecule has 1 saturated heterocycles. The SMILES string of the molecule is COC(=O)OC1=C2Nc3ccccc3C23CCN(Cc2ccccc2)C3CC1. The van der Waals surface area contributed by atoms with Crippen LogP contribution in [0, 0.1) is 0 Å². The molecule has 0 bridgehead atoms. The third-order valence-electron chi connectivity index (χ3n) is 6.44. The third-order valence-corrected chi connectivity index (χ3v) is 6.44. The van der Waals surface area contributed by atoms with Crippen molar-refractivity contribution in [1.29, 1.82) is 0 Å². The Kier molecular flexibility index (Phi) is 4.13. The van der Waals surface area contributed by atoms with Gasteiger partial charge in [-0.2, -0.15) is 0 Å². The zero-order valence-corrected chi connectivity index (χ0v) is 16.0. The first-order chi connectivity index (χ1) is 13.7. The number of methoxy groups -OCH3 is 1. The fraction of sp³-hybridized carbons (Fsp3) is 0.348. The summed E-state index contributed by atoms with van der Waals surface area (Å²) in [4.78, 5) is 14.4. The summed E-state index contributed by atoms with van der Waals surface area (Å²) in [6, 6.07) is 19.5. The van der Waals surface area contributed by atoms with Crippen molar-refractivity contribution in [3.8, 4) is 0 Å². The van der Waals surface area contributed by atoms with Gasteiger partial charge in [0.2, 0.25) is 0 Å². The van der Waals surface area contributed by atoms with Crippen LogP contribution in [-0.2, 0) is 21.4 Å². The van der Waals surface area contributed by atoms with Crippen LogP contribution in [0.1, 0.15) is 30.4 Å². The van der Waals surface area contributed by atoms with Gasteiger partial charge >= 0.3 is 6.16 Å². The summed E-state index contributed by atoms with van der Waals surface area (Å²) >= 11 is 0. The summed E-state index contributed by atoms with van der Waals surface area (Å²) in [6.07, 6.45) is 2.05. The number of hydrogen-bond acceptors (Lipinski definition) is 5. The van der Waals surface area contributed by atoms with E-state index in [0.717, 1.165) is 49.5 Å². The number of allylic oxidation sites excluding steroid dienone is 1. The van der Waals surface area contributed by atoms with E-state index >= 15 is 0 Å². The van der Waals surface area contributed by atoms with Crippen LogP contribution in [0.3, 0.4) is 0 Å². The fourth-order valence-electron chi connectivity index (χ4n) is 5.31. The standard InChI is InChI=1S/C23H24N2O3/c1-27-22(26)28-19-11-12-20-23(17-9-5-6-10-18(17)24-21(19)23)13-14-25(20)15-16-7-3-2-4-8-16/h2-10,20,24H,11-15H2,1H3. The van der Waals surface area contributed by atoms with Gasteiger partial charge < -0.3 is 14.8 Å². The maximum atomic E-state index is 11.8. The molecule has 0 amide bonds. The van der Waals surface area contributed by atoms with Crippen LogP contribution in [0.5, 0.6) is 0 Å². The normalized spacial score (nSPS) is 25.5. The molecule has 144 valence electrons. The van der Waals surface area contributed by atoms with Crippen molar-refractivity contribution in [2.45, 2.75) is 37.3 Å². The van der Waals surface area contributed by atoms with Crippen LogP contribution in [0.15, 0.2) is 66.1 Å². The average Bonchev–Trinajstić information content (AvgIpc) is 3.27. The number of ether oxygens (including phenoxy) is 2. The van der Waals surface area contributed by atoms with Crippen molar-refractivity contribution in [2.75, 3.05) is 19.0 Å². The molecule has 2 aromatic carbocycles. The molecular formula is C23H24N2O3. The molecule has 1 N–H and O–H groups in total. The first kappa shape index (κ1) is 17.3. The maximum Gasteiger partial charge on any atom is 0.513 e. The van der Waals surface area contributed by atoms with E-state index < -0.39 is 6.16 Å². The molecule has 28 heavy (non-hydrogen) atoms. The number of nitrogens with one attached hydrogen (secondary N) is 1. The predicted octanol–water partition coefficient (Wildman–Crippen LogP) is 4.41. The maximum absolute atomic E-state index is 11.8. The van der Waals surface area contributed by atoms with E-state index in [2.05, 4.69) is 58.7 Å². The molecule has 3 aliphatic rings. The highest BCUT2D eigenvalue weighted by atomic mass is 16.7. The molecule has 0 aromatic heterocycles. The zero-order valence-electron chi connectivity index (χ0n) is 16.0. The highest BCUT2D eigenvalue weighted by Gasteiger charge is 2.57. The van der Waals surface area contributed by atoms with Gasteiger partial charge in [0.05, 0.1) is 18.2 Å². The van der Waals surface area contributed by atoms with Gasteiger partial charge in [0.1, 0.15) is 5.76 Å². The van der Waals surface area contributed by atoms with Crippen molar-refractivity contribution in [1.82, 2.24) is 4.90 Å². The second-order valence-electron chi connectivity index (χ2n) is 7.76. The molecule has 2 unspecified atom stereocenters. The highest BCUT2D eigenvalue weighted by Crippen LogP contribution is 2.57. The van der Waals surface area contributed by atoms with E-state index in [1.165, 1.54) is 18.2 Å². The molecule has 2 atom stereocenters. The van der Waals surface area contributed by atoms with E-state index in [4.69, 9.17) is 9.47 Å². The van der Waals surface area contributed by atoms with Crippen LogP contribution in [0.25, 0.3) is 0 Å². The van der Waals surface area contributed by atoms with Gasteiger partial charge in [-0.25, -0.2) is 4.79 Å². The fourth-order valence-corrected chi connectivity index (χ4v) is 5.31. The molecule has 1 fully saturated rings. The monoisotopic (exact) mass is 376 g/mol. The molecule has 5 rings (SSSR count). The molecule has 2 heterocycles. The lowest BCUT2D eigenvalue weighted by atomic mass is 9.68. The lowest BCUT2D eigenvalue weighted by Gasteiger charge is -2.40. The summed E-state index contributed by atoms with van der Waals surface area (Å²) in [5, 5.41) is 3.58. The minimum Gasteiger partial charge on any atom is -0.437 e. The Morgan fingerprint density at radius 2 is 1.96 bits per heavy atom. The largest absolute Gasteiger partial charge is 0.513 e. The van der Waals surface area contributed by atoms with Crippen LogP contribution in [-0.4, -0.2) is 30.8 Å². The van der Waals surface area contributed by atoms with Gasteiger partial charge in [0.15, 0.2) is 0 Å². The van der Waals surface area contributed by atoms with Gasteiger partial charge in [-0.3, -0.25) is 4.90 Å². The van der Waals surface area contributed by atoms with E-state index in [0.29, 0.717) is 6.04 Å². The number of nitrogens with zero attached hydrogens (tertiary/aromatic N) is 1.